The fraction of sp³-hybridized carbons (Fsp3) is 0.357. The molecular formula is C28H30F3N3O6. The number of hydrogen-bond donors (Lipinski definition) is 1. The zero-order chi connectivity index (χ0) is 29.5. The summed E-state index contributed by atoms with van der Waals surface area (Å²) in [5.74, 6) is -1.74. The predicted molar refractivity (Wildman–Crippen MR) is 139 cm³/mol. The summed E-state index contributed by atoms with van der Waals surface area (Å²) in [6, 6.07) is 17.1. The van der Waals surface area contributed by atoms with Gasteiger partial charge in [-0.25, -0.2) is 9.59 Å². The predicted octanol–water partition coefficient (Wildman–Crippen LogP) is 5.05. The van der Waals surface area contributed by atoms with Crippen LogP contribution in [0.25, 0.3) is 0 Å². The van der Waals surface area contributed by atoms with E-state index in [1.165, 1.54) is 19.2 Å². The summed E-state index contributed by atoms with van der Waals surface area (Å²) in [6.45, 7) is 3.21. The minimum Gasteiger partial charge on any atom is -0.466 e. The lowest BCUT2D eigenvalue weighted by molar-refractivity contribution is -0.384. The van der Waals surface area contributed by atoms with E-state index < -0.39 is 35.2 Å². The molecule has 1 saturated heterocycles. The second-order valence-corrected chi connectivity index (χ2v) is 9.42. The van der Waals surface area contributed by atoms with Gasteiger partial charge in [0.05, 0.1) is 23.2 Å². The van der Waals surface area contributed by atoms with Gasteiger partial charge in [0.25, 0.3) is 5.69 Å². The standard InChI is InChI=1S/C22H25F3N2O4.C6H5NO2/c1-14-17(19(28)30-3)11-18(15(2)26-14)20(29)31-21(22(23,24)25)9-10-27(13-21)12-16-7-5-4-6-8-16;8-7(9)6-4-2-1-3-5-6/h4-8,26H,9-13H2,1-3H3;1-5H/t21-;/m1./s1. The van der Waals surface area contributed by atoms with Crippen molar-refractivity contribution in [3.63, 3.8) is 0 Å². The largest absolute Gasteiger partial charge is 0.466 e. The van der Waals surface area contributed by atoms with Crippen LogP contribution in [0.4, 0.5) is 18.9 Å². The van der Waals surface area contributed by atoms with Gasteiger partial charge in [-0.05, 0) is 19.4 Å². The smallest absolute Gasteiger partial charge is 0.429 e. The fourth-order valence-corrected chi connectivity index (χ4v) is 4.44. The highest BCUT2D eigenvalue weighted by molar-refractivity contribution is 5.96. The third kappa shape index (κ3) is 7.26. The number of nitrogens with zero attached hydrogens (tertiary/aromatic N) is 2. The summed E-state index contributed by atoms with van der Waals surface area (Å²) in [7, 11) is 1.20. The molecule has 12 heteroatoms. The van der Waals surface area contributed by atoms with Crippen LogP contribution in [0, 0.1) is 10.1 Å². The molecule has 0 amide bonds. The number of alkyl halides is 3. The number of non-ortho nitro benzene ring substituents is 1. The molecular weight excluding hydrogens is 531 g/mol. The molecule has 1 atom stereocenters. The van der Waals surface area contributed by atoms with E-state index in [9.17, 15) is 32.9 Å². The average Bonchev–Trinajstić information content (AvgIpc) is 3.33. The maximum Gasteiger partial charge on any atom is 0.429 e. The first-order chi connectivity index (χ1) is 18.9. The lowest BCUT2D eigenvalue weighted by Crippen LogP contribution is -2.51. The van der Waals surface area contributed by atoms with E-state index in [0.29, 0.717) is 17.9 Å². The molecule has 0 aliphatic carbocycles. The summed E-state index contributed by atoms with van der Waals surface area (Å²) in [6.07, 6.45) is -5.24. The number of nitrogens with one attached hydrogen (secondary N) is 1. The van der Waals surface area contributed by atoms with E-state index in [1.807, 2.05) is 30.3 Å². The molecule has 0 spiro atoms. The highest BCUT2D eigenvalue weighted by Gasteiger charge is 2.61. The average molecular weight is 562 g/mol. The number of likely N-dealkylation sites (tertiary alicyclic amines) is 1. The van der Waals surface area contributed by atoms with Crippen LogP contribution in [0.15, 0.2) is 83.2 Å². The summed E-state index contributed by atoms with van der Waals surface area (Å²) >= 11 is 0. The normalized spacial score (nSPS) is 19.4. The molecule has 0 aromatic heterocycles. The Bertz CT molecular complexity index is 1300. The highest BCUT2D eigenvalue weighted by Crippen LogP contribution is 2.42. The molecule has 0 radical (unpaired) electrons. The van der Waals surface area contributed by atoms with Crippen molar-refractivity contribution in [2.75, 3.05) is 20.2 Å². The van der Waals surface area contributed by atoms with Crippen molar-refractivity contribution in [1.82, 2.24) is 10.2 Å². The van der Waals surface area contributed by atoms with Gasteiger partial charge in [0, 0.05) is 56.0 Å². The molecule has 4 rings (SSSR count). The number of carbonyl (C=O) groups is 2. The summed E-state index contributed by atoms with van der Waals surface area (Å²) in [5, 5.41) is 12.9. The first kappa shape index (κ1) is 30.4. The summed E-state index contributed by atoms with van der Waals surface area (Å²) in [4.78, 5) is 36.0. The van der Waals surface area contributed by atoms with Gasteiger partial charge < -0.3 is 14.8 Å². The Kier molecular flexibility index (Phi) is 9.69. The first-order valence-corrected chi connectivity index (χ1v) is 12.4. The number of allylic oxidation sites excluding steroid dienone is 2. The monoisotopic (exact) mass is 561 g/mol. The van der Waals surface area contributed by atoms with Crippen LogP contribution in [0.2, 0.25) is 0 Å². The molecule has 2 aliphatic rings. The van der Waals surface area contributed by atoms with Gasteiger partial charge in [0.2, 0.25) is 5.60 Å². The Labute approximate surface area is 229 Å². The first-order valence-electron chi connectivity index (χ1n) is 12.4. The maximum atomic E-state index is 14.1. The van der Waals surface area contributed by atoms with Crippen molar-refractivity contribution in [1.29, 1.82) is 0 Å². The van der Waals surface area contributed by atoms with Crippen molar-refractivity contribution < 1.29 is 37.2 Å². The summed E-state index contributed by atoms with van der Waals surface area (Å²) in [5.41, 5.74) is -0.585. The number of benzene rings is 2. The molecule has 0 unspecified atom stereocenters. The van der Waals surface area contributed by atoms with Crippen molar-refractivity contribution in [2.45, 2.75) is 45.0 Å². The minimum atomic E-state index is -4.73. The van der Waals surface area contributed by atoms with Crippen LogP contribution in [0.3, 0.4) is 0 Å². The number of dihydropyridines is 1. The number of ether oxygens (including phenoxy) is 2. The quantitative estimate of drug-likeness (QED) is 0.297. The number of nitro benzene ring substituents is 1. The summed E-state index contributed by atoms with van der Waals surface area (Å²) < 4.78 is 52.0. The highest BCUT2D eigenvalue weighted by atomic mass is 19.4. The lowest BCUT2D eigenvalue weighted by atomic mass is 9.97. The Balaban J connectivity index is 0.000000415. The maximum absolute atomic E-state index is 14.1. The van der Waals surface area contributed by atoms with Crippen LogP contribution < -0.4 is 5.32 Å². The Morgan fingerprint density at radius 3 is 2.05 bits per heavy atom. The number of carbonyl (C=O) groups excluding carboxylic acids is 2. The molecule has 2 aromatic rings. The van der Waals surface area contributed by atoms with Gasteiger partial charge in [-0.1, -0.05) is 48.5 Å². The zero-order valence-corrected chi connectivity index (χ0v) is 22.3. The number of nitro groups is 1. The van der Waals surface area contributed by atoms with Crippen molar-refractivity contribution >= 4 is 17.6 Å². The molecule has 2 aliphatic heterocycles. The Hall–Kier alpha value is -4.19. The molecule has 0 bridgehead atoms. The van der Waals surface area contributed by atoms with Crippen LogP contribution in [-0.2, 0) is 25.6 Å². The lowest BCUT2D eigenvalue weighted by Gasteiger charge is -2.33. The fourth-order valence-electron chi connectivity index (χ4n) is 4.44. The Morgan fingerprint density at radius 1 is 1.00 bits per heavy atom. The molecule has 40 heavy (non-hydrogen) atoms. The number of methoxy groups -OCH3 is 1. The SMILES string of the molecule is COC(=O)C1=C(C)NC(C)=C(C(=O)O[C@]2(C(F)(F)F)CCN(Cc3ccccc3)C2)C1.O=[N+]([O-])c1ccccc1. The molecule has 1 fully saturated rings. The van der Waals surface area contributed by atoms with E-state index in [0.717, 1.165) is 5.56 Å². The minimum absolute atomic E-state index is 0.0175. The van der Waals surface area contributed by atoms with Crippen molar-refractivity contribution in [3.8, 4) is 0 Å². The number of rotatable bonds is 6. The van der Waals surface area contributed by atoms with E-state index >= 15 is 0 Å². The van der Waals surface area contributed by atoms with Gasteiger partial charge in [-0.15, -0.1) is 0 Å². The molecule has 214 valence electrons. The van der Waals surface area contributed by atoms with Gasteiger partial charge in [-0.3, -0.25) is 15.0 Å². The topological polar surface area (TPSA) is 111 Å². The molecule has 0 saturated carbocycles. The third-order valence-corrected chi connectivity index (χ3v) is 6.64. The van der Waals surface area contributed by atoms with Gasteiger partial charge in [0.15, 0.2) is 0 Å². The van der Waals surface area contributed by atoms with Crippen molar-refractivity contribution in [2.24, 2.45) is 0 Å². The number of para-hydroxylation sites is 1. The Morgan fingerprint density at radius 2 is 1.55 bits per heavy atom. The number of hydrogen-bond acceptors (Lipinski definition) is 8. The van der Waals surface area contributed by atoms with Gasteiger partial charge in [0.1, 0.15) is 0 Å². The zero-order valence-electron chi connectivity index (χ0n) is 22.3. The number of esters is 2. The third-order valence-electron chi connectivity index (χ3n) is 6.64. The van der Waals surface area contributed by atoms with Crippen LogP contribution in [0.1, 0.15) is 32.3 Å². The van der Waals surface area contributed by atoms with E-state index in [2.05, 4.69) is 5.32 Å². The molecule has 1 N–H and O–H groups in total. The van der Waals surface area contributed by atoms with Gasteiger partial charge >= 0.3 is 18.1 Å². The molecule has 2 aromatic carbocycles. The second-order valence-electron chi connectivity index (χ2n) is 9.42. The second kappa shape index (κ2) is 12.8. The van der Waals surface area contributed by atoms with Crippen molar-refractivity contribution in [3.05, 3.63) is 98.9 Å². The van der Waals surface area contributed by atoms with E-state index in [-0.39, 0.29) is 36.2 Å². The van der Waals surface area contributed by atoms with E-state index in [4.69, 9.17) is 9.47 Å². The number of halogens is 3. The van der Waals surface area contributed by atoms with Crippen LogP contribution >= 0.6 is 0 Å². The molecule has 2 heterocycles. The van der Waals surface area contributed by atoms with Gasteiger partial charge in [-0.2, -0.15) is 13.2 Å². The van der Waals surface area contributed by atoms with Crippen LogP contribution in [-0.4, -0.2) is 53.7 Å². The molecule has 9 nitrogen and oxygen atoms in total. The van der Waals surface area contributed by atoms with Crippen LogP contribution in [0.5, 0.6) is 0 Å². The van der Waals surface area contributed by atoms with E-state index in [1.54, 1.807) is 36.9 Å².